The van der Waals surface area contributed by atoms with Crippen LogP contribution in [0.4, 0.5) is 0 Å². The molecule has 0 fully saturated rings. The van der Waals surface area contributed by atoms with Gasteiger partial charge in [-0.1, -0.05) is 18.2 Å². The molecule has 0 radical (unpaired) electrons. The number of hydrogen-bond acceptors (Lipinski definition) is 3. The normalized spacial score (nSPS) is 10.8. The number of nitrogens with one attached hydrogen (secondary N) is 1. The summed E-state index contributed by atoms with van der Waals surface area (Å²) in [6.45, 7) is 0. The van der Waals surface area contributed by atoms with Crippen LogP contribution in [0.5, 0.6) is 11.5 Å². The fourth-order valence-electron chi connectivity index (χ4n) is 2.50. The Bertz CT molecular complexity index is 1000. The quantitative estimate of drug-likeness (QED) is 0.630. The van der Waals surface area contributed by atoms with E-state index in [0.717, 1.165) is 22.7 Å². The van der Waals surface area contributed by atoms with E-state index < -0.39 is 0 Å². The van der Waals surface area contributed by atoms with Crippen LogP contribution in [0.25, 0.3) is 16.7 Å². The molecule has 0 bridgehead atoms. The average molecular weight is 303 g/mol. The molecule has 5 heteroatoms. The van der Waals surface area contributed by atoms with Crippen molar-refractivity contribution in [2.45, 2.75) is 0 Å². The molecule has 0 aliphatic rings. The molecule has 2 aromatic carbocycles. The highest BCUT2D eigenvalue weighted by atomic mass is 16.5. The molecule has 2 heterocycles. The third-order valence-electron chi connectivity index (χ3n) is 3.56. The van der Waals surface area contributed by atoms with Gasteiger partial charge >= 0.3 is 5.69 Å². The van der Waals surface area contributed by atoms with Crippen LogP contribution in [0.2, 0.25) is 0 Å². The van der Waals surface area contributed by atoms with Crippen LogP contribution in [0.15, 0.2) is 77.9 Å². The van der Waals surface area contributed by atoms with Crippen molar-refractivity contribution in [3.8, 4) is 17.2 Å². The Kier molecular flexibility index (Phi) is 3.16. The molecule has 4 aromatic rings. The third-order valence-corrected chi connectivity index (χ3v) is 3.56. The molecule has 0 atom stereocenters. The topological polar surface area (TPSA) is 59.9 Å². The van der Waals surface area contributed by atoms with Gasteiger partial charge in [0.2, 0.25) is 0 Å². The molecule has 0 aliphatic carbocycles. The monoisotopic (exact) mass is 303 g/mol. The average Bonchev–Trinajstić information content (AvgIpc) is 2.92. The molecular weight excluding hydrogens is 290 g/mol. The van der Waals surface area contributed by atoms with Crippen molar-refractivity contribution in [1.29, 1.82) is 0 Å². The number of rotatable bonds is 3. The lowest BCUT2D eigenvalue weighted by Crippen LogP contribution is -2.14. The van der Waals surface area contributed by atoms with Gasteiger partial charge in [0.15, 0.2) is 0 Å². The van der Waals surface area contributed by atoms with Gasteiger partial charge in [-0.25, -0.2) is 4.79 Å². The molecule has 2 aromatic heterocycles. The van der Waals surface area contributed by atoms with Crippen molar-refractivity contribution in [3.05, 3.63) is 83.5 Å². The Morgan fingerprint density at radius 2 is 1.65 bits per heavy atom. The number of aromatic nitrogens is 3. The van der Waals surface area contributed by atoms with Crippen molar-refractivity contribution in [2.75, 3.05) is 0 Å². The highest BCUT2D eigenvalue weighted by Crippen LogP contribution is 2.23. The van der Waals surface area contributed by atoms with Crippen molar-refractivity contribution in [2.24, 2.45) is 0 Å². The Balaban J connectivity index is 1.70. The highest BCUT2D eigenvalue weighted by molar-refractivity contribution is 5.76. The zero-order chi connectivity index (χ0) is 15.6. The number of hydrogen-bond donors (Lipinski definition) is 1. The van der Waals surface area contributed by atoms with Crippen LogP contribution < -0.4 is 10.4 Å². The van der Waals surface area contributed by atoms with E-state index in [1.807, 2.05) is 60.7 Å². The van der Waals surface area contributed by atoms with Crippen molar-refractivity contribution in [1.82, 2.24) is 14.5 Å². The summed E-state index contributed by atoms with van der Waals surface area (Å²) < 4.78 is 7.38. The minimum atomic E-state index is -0.190. The predicted molar refractivity (Wildman–Crippen MR) is 88.2 cm³/mol. The number of imidazole rings is 1. The number of para-hydroxylation sites is 1. The van der Waals surface area contributed by atoms with Crippen molar-refractivity contribution in [3.63, 3.8) is 0 Å². The summed E-state index contributed by atoms with van der Waals surface area (Å²) in [6.07, 6.45) is 3.30. The van der Waals surface area contributed by atoms with Gasteiger partial charge in [0, 0.05) is 6.20 Å². The van der Waals surface area contributed by atoms with Crippen LogP contribution in [0, 0.1) is 0 Å². The Labute approximate surface area is 131 Å². The fraction of sp³-hybridized carbons (Fsp3) is 0. The summed E-state index contributed by atoms with van der Waals surface area (Å²) in [7, 11) is 0. The maximum Gasteiger partial charge on any atom is 0.331 e. The number of ether oxygens (including phenoxy) is 1. The summed E-state index contributed by atoms with van der Waals surface area (Å²) in [4.78, 5) is 19.0. The minimum absolute atomic E-state index is 0.190. The van der Waals surface area contributed by atoms with E-state index >= 15 is 0 Å². The van der Waals surface area contributed by atoms with Gasteiger partial charge in [0.1, 0.15) is 11.5 Å². The summed E-state index contributed by atoms with van der Waals surface area (Å²) >= 11 is 0. The second-order valence-electron chi connectivity index (χ2n) is 5.07. The number of fused-ring (bicyclic) bond motifs is 1. The van der Waals surface area contributed by atoms with Gasteiger partial charge in [-0.2, -0.15) is 0 Å². The summed E-state index contributed by atoms with van der Waals surface area (Å²) in [6, 6.07) is 18.8. The number of pyridine rings is 1. The van der Waals surface area contributed by atoms with Crippen LogP contribution >= 0.6 is 0 Å². The Morgan fingerprint density at radius 3 is 2.43 bits per heavy atom. The van der Waals surface area contributed by atoms with Crippen LogP contribution in [-0.4, -0.2) is 14.5 Å². The SMILES string of the molecule is O=c1[nH]c2cnccc2n1-c1ccc(Oc2ccccc2)cc1. The Morgan fingerprint density at radius 1 is 0.913 bits per heavy atom. The minimum Gasteiger partial charge on any atom is -0.457 e. The number of H-pyrrole nitrogens is 1. The van der Waals surface area contributed by atoms with Gasteiger partial charge < -0.3 is 9.72 Å². The molecule has 5 nitrogen and oxygen atoms in total. The standard InChI is InChI=1S/C18H13N3O2/c22-18-20-16-12-19-11-10-17(16)21(18)13-6-8-15(9-7-13)23-14-4-2-1-3-5-14/h1-12H,(H,20,22). The summed E-state index contributed by atoms with van der Waals surface area (Å²) in [5.74, 6) is 1.49. The van der Waals surface area contributed by atoms with E-state index in [1.165, 1.54) is 0 Å². The van der Waals surface area contributed by atoms with E-state index in [0.29, 0.717) is 5.52 Å². The van der Waals surface area contributed by atoms with E-state index in [-0.39, 0.29) is 5.69 Å². The smallest absolute Gasteiger partial charge is 0.331 e. The van der Waals surface area contributed by atoms with Crippen LogP contribution in [0.3, 0.4) is 0 Å². The predicted octanol–water partition coefficient (Wildman–Crippen LogP) is 3.51. The van der Waals surface area contributed by atoms with Gasteiger partial charge in [0.05, 0.1) is 22.9 Å². The van der Waals surface area contributed by atoms with Crippen molar-refractivity contribution < 1.29 is 4.74 Å². The molecular formula is C18H13N3O2. The zero-order valence-electron chi connectivity index (χ0n) is 12.1. The first-order valence-corrected chi connectivity index (χ1v) is 7.19. The molecule has 0 saturated heterocycles. The highest BCUT2D eigenvalue weighted by Gasteiger charge is 2.08. The van der Waals surface area contributed by atoms with E-state index in [2.05, 4.69) is 9.97 Å². The maximum atomic E-state index is 12.2. The first-order chi connectivity index (χ1) is 11.3. The molecule has 1 N–H and O–H groups in total. The second-order valence-corrected chi connectivity index (χ2v) is 5.07. The van der Waals surface area contributed by atoms with Gasteiger partial charge in [0.25, 0.3) is 0 Å². The lowest BCUT2D eigenvalue weighted by molar-refractivity contribution is 0.482. The molecule has 23 heavy (non-hydrogen) atoms. The molecule has 0 aliphatic heterocycles. The van der Waals surface area contributed by atoms with E-state index in [4.69, 9.17) is 4.74 Å². The molecule has 0 saturated carbocycles. The van der Waals surface area contributed by atoms with Crippen LogP contribution in [0.1, 0.15) is 0 Å². The summed E-state index contributed by atoms with van der Waals surface area (Å²) in [5.41, 5.74) is 2.08. The molecule has 0 amide bonds. The van der Waals surface area contributed by atoms with E-state index in [9.17, 15) is 4.79 Å². The largest absolute Gasteiger partial charge is 0.457 e. The molecule has 4 rings (SSSR count). The maximum absolute atomic E-state index is 12.2. The van der Waals surface area contributed by atoms with Crippen molar-refractivity contribution >= 4 is 11.0 Å². The van der Waals surface area contributed by atoms with E-state index in [1.54, 1.807) is 17.0 Å². The number of aromatic amines is 1. The Hall–Kier alpha value is -3.34. The first-order valence-electron chi connectivity index (χ1n) is 7.19. The lowest BCUT2D eigenvalue weighted by atomic mass is 10.3. The molecule has 0 spiro atoms. The first kappa shape index (κ1) is 13.3. The lowest BCUT2D eigenvalue weighted by Gasteiger charge is -2.07. The van der Waals surface area contributed by atoms with Gasteiger partial charge in [-0.05, 0) is 42.5 Å². The van der Waals surface area contributed by atoms with Gasteiger partial charge in [-0.3, -0.25) is 9.55 Å². The number of nitrogens with zero attached hydrogens (tertiary/aromatic N) is 2. The molecule has 112 valence electrons. The molecule has 0 unspecified atom stereocenters. The second kappa shape index (κ2) is 5.46. The zero-order valence-corrected chi connectivity index (χ0v) is 12.1. The third kappa shape index (κ3) is 2.48. The van der Waals surface area contributed by atoms with Gasteiger partial charge in [-0.15, -0.1) is 0 Å². The van der Waals surface area contributed by atoms with Crippen LogP contribution in [-0.2, 0) is 0 Å². The summed E-state index contributed by atoms with van der Waals surface area (Å²) in [5, 5.41) is 0. The number of benzene rings is 2. The fourth-order valence-corrected chi connectivity index (χ4v) is 2.50.